The summed E-state index contributed by atoms with van der Waals surface area (Å²) in [6.45, 7) is 0.193. The molecule has 1 heterocycles. The van der Waals surface area contributed by atoms with Gasteiger partial charge in [-0.05, 0) is 31.6 Å². The summed E-state index contributed by atoms with van der Waals surface area (Å²) in [6.07, 6.45) is 5.50. The molecule has 6 heteroatoms. The van der Waals surface area contributed by atoms with Gasteiger partial charge in [0.25, 0.3) is 0 Å². The molecule has 20 heavy (non-hydrogen) atoms. The fraction of sp³-hybridized carbons (Fsp3) is 0.857. The van der Waals surface area contributed by atoms with E-state index in [9.17, 15) is 9.59 Å². The van der Waals surface area contributed by atoms with Crippen LogP contribution in [0, 0.1) is 5.92 Å². The molecule has 2 fully saturated rings. The number of rotatable bonds is 5. The Morgan fingerprint density at radius 3 is 2.70 bits per heavy atom. The molecule has 6 nitrogen and oxygen atoms in total. The number of piperidine rings is 1. The van der Waals surface area contributed by atoms with Gasteiger partial charge in [-0.25, -0.2) is 4.79 Å². The van der Waals surface area contributed by atoms with Gasteiger partial charge < -0.3 is 20.8 Å². The number of hydrogen-bond acceptors (Lipinski definition) is 4. The molecule has 0 bridgehead atoms. The number of amides is 1. The number of nitrogens with one attached hydrogen (secondary N) is 2. The number of aliphatic carboxylic acids is 1. The maximum absolute atomic E-state index is 12.0. The normalized spacial score (nSPS) is 31.1. The summed E-state index contributed by atoms with van der Waals surface area (Å²) in [7, 11) is 0. The molecule has 4 atom stereocenters. The molecule has 0 aromatic rings. The SMILES string of the molecule is O=C(O)C(O)CCNC(=O)C1CCC2CCCCC2N1. The van der Waals surface area contributed by atoms with Crippen LogP contribution >= 0.6 is 0 Å². The van der Waals surface area contributed by atoms with Gasteiger partial charge in [0.15, 0.2) is 6.10 Å². The monoisotopic (exact) mass is 284 g/mol. The molecule has 2 aliphatic rings. The second-order valence-corrected chi connectivity index (χ2v) is 5.88. The quantitative estimate of drug-likeness (QED) is 0.580. The van der Waals surface area contributed by atoms with Crippen molar-refractivity contribution in [1.29, 1.82) is 0 Å². The molecular weight excluding hydrogens is 260 g/mol. The van der Waals surface area contributed by atoms with Crippen LogP contribution in [-0.2, 0) is 9.59 Å². The molecule has 1 amide bonds. The zero-order valence-corrected chi connectivity index (χ0v) is 11.7. The number of fused-ring (bicyclic) bond motifs is 1. The van der Waals surface area contributed by atoms with E-state index in [1.807, 2.05) is 0 Å². The molecule has 0 aromatic heterocycles. The summed E-state index contributed by atoms with van der Waals surface area (Å²) in [5, 5.41) is 23.8. The first-order chi connectivity index (χ1) is 9.58. The van der Waals surface area contributed by atoms with Crippen LogP contribution < -0.4 is 10.6 Å². The van der Waals surface area contributed by atoms with Crippen molar-refractivity contribution in [3.8, 4) is 0 Å². The lowest BCUT2D eigenvalue weighted by molar-refractivity contribution is -0.147. The maximum Gasteiger partial charge on any atom is 0.332 e. The highest BCUT2D eigenvalue weighted by atomic mass is 16.4. The summed E-state index contributed by atoms with van der Waals surface area (Å²) in [5.74, 6) is -0.617. The maximum atomic E-state index is 12.0. The second-order valence-electron chi connectivity index (χ2n) is 5.88. The highest BCUT2D eigenvalue weighted by Crippen LogP contribution is 2.32. The summed E-state index contributed by atoms with van der Waals surface area (Å²) in [6, 6.07) is 0.286. The molecule has 4 unspecified atom stereocenters. The van der Waals surface area contributed by atoms with E-state index in [1.54, 1.807) is 0 Å². The Hall–Kier alpha value is -1.14. The summed E-state index contributed by atoms with van der Waals surface area (Å²) >= 11 is 0. The molecule has 4 N–H and O–H groups in total. The first kappa shape index (κ1) is 15.3. The highest BCUT2D eigenvalue weighted by Gasteiger charge is 2.34. The second kappa shape index (κ2) is 7.04. The number of carboxylic acids is 1. The Morgan fingerprint density at radius 2 is 1.95 bits per heavy atom. The molecule has 0 spiro atoms. The molecule has 1 aliphatic carbocycles. The van der Waals surface area contributed by atoms with Gasteiger partial charge in [-0.3, -0.25) is 4.79 Å². The molecule has 2 rings (SSSR count). The van der Waals surface area contributed by atoms with Crippen molar-refractivity contribution >= 4 is 11.9 Å². The number of aliphatic hydroxyl groups is 1. The topological polar surface area (TPSA) is 98.7 Å². The van der Waals surface area contributed by atoms with Crippen LogP contribution in [0.4, 0.5) is 0 Å². The number of hydrogen-bond donors (Lipinski definition) is 4. The number of carboxylic acid groups (broad SMARTS) is 1. The van der Waals surface area contributed by atoms with Gasteiger partial charge in [0.05, 0.1) is 6.04 Å². The van der Waals surface area contributed by atoms with E-state index >= 15 is 0 Å². The molecular formula is C14H24N2O4. The van der Waals surface area contributed by atoms with Crippen LogP contribution in [0.1, 0.15) is 44.9 Å². The van der Waals surface area contributed by atoms with Crippen molar-refractivity contribution in [2.75, 3.05) is 6.54 Å². The van der Waals surface area contributed by atoms with Gasteiger partial charge >= 0.3 is 5.97 Å². The standard InChI is InChI=1S/C14H24N2O4/c17-12(14(19)20)7-8-15-13(18)11-6-5-9-3-1-2-4-10(9)16-11/h9-12,16-17H,1-8H2,(H,15,18)(H,19,20). The Bertz CT molecular complexity index is 361. The highest BCUT2D eigenvalue weighted by molar-refractivity contribution is 5.82. The number of carbonyl (C=O) groups excluding carboxylic acids is 1. The minimum absolute atomic E-state index is 0.0415. The van der Waals surface area contributed by atoms with Crippen molar-refractivity contribution in [1.82, 2.24) is 10.6 Å². The van der Waals surface area contributed by atoms with Gasteiger partial charge in [-0.2, -0.15) is 0 Å². The zero-order chi connectivity index (χ0) is 14.5. The third-order valence-corrected chi connectivity index (χ3v) is 4.47. The van der Waals surface area contributed by atoms with Crippen molar-refractivity contribution in [2.24, 2.45) is 5.92 Å². The Morgan fingerprint density at radius 1 is 1.20 bits per heavy atom. The van der Waals surface area contributed by atoms with Crippen LogP contribution in [0.5, 0.6) is 0 Å². The van der Waals surface area contributed by atoms with Gasteiger partial charge in [0.2, 0.25) is 5.91 Å². The predicted molar refractivity (Wildman–Crippen MR) is 73.2 cm³/mol. The Balaban J connectivity index is 1.71. The fourth-order valence-corrected chi connectivity index (χ4v) is 3.28. The van der Waals surface area contributed by atoms with E-state index in [-0.39, 0.29) is 24.9 Å². The van der Waals surface area contributed by atoms with Crippen molar-refractivity contribution in [2.45, 2.75) is 63.1 Å². The summed E-state index contributed by atoms with van der Waals surface area (Å²) in [4.78, 5) is 22.5. The molecule has 0 radical (unpaired) electrons. The van der Waals surface area contributed by atoms with Crippen LogP contribution in [0.15, 0.2) is 0 Å². The van der Waals surface area contributed by atoms with Crippen molar-refractivity contribution in [3.63, 3.8) is 0 Å². The fourth-order valence-electron chi connectivity index (χ4n) is 3.28. The Labute approximate surface area is 118 Å². The van der Waals surface area contributed by atoms with E-state index in [0.717, 1.165) is 19.3 Å². The van der Waals surface area contributed by atoms with E-state index in [0.29, 0.717) is 12.0 Å². The van der Waals surface area contributed by atoms with E-state index in [1.165, 1.54) is 19.3 Å². The largest absolute Gasteiger partial charge is 0.479 e. The smallest absolute Gasteiger partial charge is 0.332 e. The Kier molecular flexibility index (Phi) is 5.37. The third-order valence-electron chi connectivity index (χ3n) is 4.47. The van der Waals surface area contributed by atoms with Gasteiger partial charge in [0.1, 0.15) is 0 Å². The lowest BCUT2D eigenvalue weighted by Gasteiger charge is -2.39. The molecule has 1 aliphatic heterocycles. The van der Waals surface area contributed by atoms with Gasteiger partial charge in [-0.15, -0.1) is 0 Å². The number of carbonyl (C=O) groups is 2. The molecule has 114 valence electrons. The predicted octanol–water partition coefficient (Wildman–Crippen LogP) is 0.249. The number of aliphatic hydroxyl groups excluding tert-OH is 1. The van der Waals surface area contributed by atoms with E-state index in [4.69, 9.17) is 10.2 Å². The van der Waals surface area contributed by atoms with Crippen molar-refractivity contribution < 1.29 is 19.8 Å². The van der Waals surface area contributed by atoms with Gasteiger partial charge in [-0.1, -0.05) is 12.8 Å². The lowest BCUT2D eigenvalue weighted by Crippen LogP contribution is -2.55. The van der Waals surface area contributed by atoms with Crippen LogP contribution in [0.3, 0.4) is 0 Å². The van der Waals surface area contributed by atoms with Crippen LogP contribution in [-0.4, -0.2) is 46.8 Å². The van der Waals surface area contributed by atoms with Crippen LogP contribution in [0.25, 0.3) is 0 Å². The summed E-state index contributed by atoms with van der Waals surface area (Å²) in [5.41, 5.74) is 0. The molecule has 0 aromatic carbocycles. The van der Waals surface area contributed by atoms with Crippen LogP contribution in [0.2, 0.25) is 0 Å². The zero-order valence-electron chi connectivity index (χ0n) is 11.7. The molecule has 1 saturated heterocycles. The average Bonchev–Trinajstić information content (AvgIpc) is 2.46. The average molecular weight is 284 g/mol. The van der Waals surface area contributed by atoms with Crippen molar-refractivity contribution in [3.05, 3.63) is 0 Å². The lowest BCUT2D eigenvalue weighted by atomic mass is 9.77. The first-order valence-electron chi connectivity index (χ1n) is 7.52. The minimum Gasteiger partial charge on any atom is -0.479 e. The molecule has 1 saturated carbocycles. The van der Waals surface area contributed by atoms with E-state index in [2.05, 4.69) is 10.6 Å². The third kappa shape index (κ3) is 3.93. The van der Waals surface area contributed by atoms with E-state index < -0.39 is 12.1 Å². The van der Waals surface area contributed by atoms with Gasteiger partial charge in [0, 0.05) is 19.0 Å². The first-order valence-corrected chi connectivity index (χ1v) is 7.52. The minimum atomic E-state index is -1.41. The summed E-state index contributed by atoms with van der Waals surface area (Å²) < 4.78 is 0.